The summed E-state index contributed by atoms with van der Waals surface area (Å²) in [5.74, 6) is 1.06. The molecule has 1 aromatic rings. The standard InChI is InChI=1S/C16H22ClFN2O/c17-15-10-14(18)9-13(16(15)21-11-12-1-2-12)3-6-20-7-4-19-5-8-20/h9-10,12,19H,1-8,11H2. The lowest BCUT2D eigenvalue weighted by atomic mass is 10.1. The molecule has 2 fully saturated rings. The second kappa shape index (κ2) is 6.95. The van der Waals surface area contributed by atoms with Gasteiger partial charge in [-0.2, -0.15) is 0 Å². The molecule has 0 amide bonds. The number of nitrogens with one attached hydrogen (secondary N) is 1. The van der Waals surface area contributed by atoms with Crippen LogP contribution in [0, 0.1) is 11.7 Å². The Morgan fingerprint density at radius 3 is 2.76 bits per heavy atom. The van der Waals surface area contributed by atoms with E-state index in [0.717, 1.165) is 44.7 Å². The van der Waals surface area contributed by atoms with Crippen LogP contribution in [0.1, 0.15) is 18.4 Å². The first-order valence-electron chi connectivity index (χ1n) is 7.76. The van der Waals surface area contributed by atoms with Crippen LogP contribution in [-0.4, -0.2) is 44.2 Å². The van der Waals surface area contributed by atoms with Gasteiger partial charge in [0.1, 0.15) is 11.6 Å². The molecule has 0 aromatic heterocycles. The molecule has 3 rings (SSSR count). The molecule has 0 unspecified atom stereocenters. The number of benzene rings is 1. The lowest BCUT2D eigenvalue weighted by Gasteiger charge is -2.27. The molecular weight excluding hydrogens is 291 g/mol. The van der Waals surface area contributed by atoms with Crippen LogP contribution in [0.2, 0.25) is 5.02 Å². The topological polar surface area (TPSA) is 24.5 Å². The minimum absolute atomic E-state index is 0.283. The number of hydrogen-bond acceptors (Lipinski definition) is 3. The fraction of sp³-hybridized carbons (Fsp3) is 0.625. The van der Waals surface area contributed by atoms with Crippen LogP contribution in [0.5, 0.6) is 5.75 Å². The maximum atomic E-state index is 13.6. The van der Waals surface area contributed by atoms with Crippen molar-refractivity contribution in [3.05, 3.63) is 28.5 Å². The van der Waals surface area contributed by atoms with E-state index in [-0.39, 0.29) is 5.82 Å². The number of piperazine rings is 1. The van der Waals surface area contributed by atoms with Crippen molar-refractivity contribution < 1.29 is 9.13 Å². The van der Waals surface area contributed by atoms with E-state index in [1.54, 1.807) is 6.07 Å². The summed E-state index contributed by atoms with van der Waals surface area (Å²) in [5.41, 5.74) is 0.888. The molecule has 0 bridgehead atoms. The number of ether oxygens (including phenoxy) is 1. The molecule has 1 aromatic carbocycles. The largest absolute Gasteiger partial charge is 0.491 e. The van der Waals surface area contributed by atoms with Crippen LogP contribution < -0.4 is 10.1 Å². The predicted octanol–water partition coefficient (Wildman–Crippen LogP) is 2.72. The maximum Gasteiger partial charge on any atom is 0.141 e. The molecule has 1 saturated heterocycles. The summed E-state index contributed by atoms with van der Waals surface area (Å²) in [5, 5.41) is 3.73. The summed E-state index contributed by atoms with van der Waals surface area (Å²) in [4.78, 5) is 2.39. The average molecular weight is 313 g/mol. The van der Waals surface area contributed by atoms with Gasteiger partial charge in [0.25, 0.3) is 0 Å². The van der Waals surface area contributed by atoms with Crippen molar-refractivity contribution in [2.24, 2.45) is 5.92 Å². The quantitative estimate of drug-likeness (QED) is 0.874. The van der Waals surface area contributed by atoms with Gasteiger partial charge in [0, 0.05) is 32.7 Å². The van der Waals surface area contributed by atoms with Gasteiger partial charge >= 0.3 is 0 Å². The highest BCUT2D eigenvalue weighted by Gasteiger charge is 2.23. The average Bonchev–Trinajstić information content (AvgIpc) is 3.29. The van der Waals surface area contributed by atoms with Crippen molar-refractivity contribution in [1.82, 2.24) is 10.2 Å². The first-order valence-corrected chi connectivity index (χ1v) is 8.14. The molecular formula is C16H22ClFN2O. The van der Waals surface area contributed by atoms with E-state index in [2.05, 4.69) is 10.2 Å². The highest BCUT2D eigenvalue weighted by molar-refractivity contribution is 6.32. The zero-order chi connectivity index (χ0) is 14.7. The van der Waals surface area contributed by atoms with Crippen LogP contribution in [0.15, 0.2) is 12.1 Å². The van der Waals surface area contributed by atoms with Crippen molar-refractivity contribution in [1.29, 1.82) is 0 Å². The van der Waals surface area contributed by atoms with Crippen LogP contribution >= 0.6 is 11.6 Å². The van der Waals surface area contributed by atoms with Crippen molar-refractivity contribution in [2.75, 3.05) is 39.3 Å². The Labute approximate surface area is 130 Å². The molecule has 116 valence electrons. The highest BCUT2D eigenvalue weighted by atomic mass is 35.5. The van der Waals surface area contributed by atoms with Gasteiger partial charge in [0.15, 0.2) is 0 Å². The van der Waals surface area contributed by atoms with Gasteiger partial charge in [-0.25, -0.2) is 4.39 Å². The Hall–Kier alpha value is -0.840. The van der Waals surface area contributed by atoms with E-state index in [1.165, 1.54) is 18.9 Å². The van der Waals surface area contributed by atoms with E-state index in [1.807, 2.05) is 0 Å². The van der Waals surface area contributed by atoms with Gasteiger partial charge < -0.3 is 15.0 Å². The smallest absolute Gasteiger partial charge is 0.141 e. The minimum Gasteiger partial charge on any atom is -0.491 e. The van der Waals surface area contributed by atoms with Crippen molar-refractivity contribution in [2.45, 2.75) is 19.3 Å². The third kappa shape index (κ3) is 4.31. The Morgan fingerprint density at radius 1 is 1.29 bits per heavy atom. The molecule has 0 atom stereocenters. The summed E-state index contributed by atoms with van der Waals surface area (Å²) in [6, 6.07) is 2.91. The SMILES string of the molecule is Fc1cc(Cl)c(OCC2CC2)c(CCN2CCNCC2)c1. The third-order valence-electron chi connectivity index (χ3n) is 4.15. The molecule has 0 radical (unpaired) electrons. The molecule has 0 spiro atoms. The number of nitrogens with zero attached hydrogens (tertiary/aromatic N) is 1. The Balaban J connectivity index is 1.65. The van der Waals surface area contributed by atoms with Crippen molar-refractivity contribution >= 4 is 11.6 Å². The van der Waals surface area contributed by atoms with Gasteiger partial charge in [-0.1, -0.05) is 11.6 Å². The summed E-state index contributed by atoms with van der Waals surface area (Å²) in [7, 11) is 0. The first-order chi connectivity index (χ1) is 10.2. The second-order valence-electron chi connectivity index (χ2n) is 5.97. The first kappa shape index (κ1) is 15.1. The van der Waals surface area contributed by atoms with Gasteiger partial charge in [-0.15, -0.1) is 0 Å². The Kier molecular flexibility index (Phi) is 4.99. The zero-order valence-electron chi connectivity index (χ0n) is 12.2. The second-order valence-corrected chi connectivity index (χ2v) is 6.38. The molecule has 1 N–H and O–H groups in total. The van der Waals surface area contributed by atoms with Gasteiger partial charge in [0.05, 0.1) is 11.6 Å². The monoisotopic (exact) mass is 312 g/mol. The van der Waals surface area contributed by atoms with E-state index in [4.69, 9.17) is 16.3 Å². The van der Waals surface area contributed by atoms with Gasteiger partial charge in [0.2, 0.25) is 0 Å². The van der Waals surface area contributed by atoms with Gasteiger partial charge in [-0.3, -0.25) is 0 Å². The molecule has 1 aliphatic heterocycles. The molecule has 2 aliphatic rings. The van der Waals surface area contributed by atoms with E-state index >= 15 is 0 Å². The Bertz CT molecular complexity index is 487. The summed E-state index contributed by atoms with van der Waals surface area (Å²) >= 11 is 6.17. The van der Waals surface area contributed by atoms with E-state index in [9.17, 15) is 4.39 Å². The van der Waals surface area contributed by atoms with Crippen LogP contribution in [-0.2, 0) is 6.42 Å². The molecule has 1 heterocycles. The molecule has 21 heavy (non-hydrogen) atoms. The van der Waals surface area contributed by atoms with Crippen LogP contribution in [0.3, 0.4) is 0 Å². The highest BCUT2D eigenvalue weighted by Crippen LogP contribution is 2.34. The lowest BCUT2D eigenvalue weighted by Crippen LogP contribution is -2.44. The van der Waals surface area contributed by atoms with Crippen LogP contribution in [0.25, 0.3) is 0 Å². The molecule has 5 heteroatoms. The third-order valence-corrected chi connectivity index (χ3v) is 4.43. The lowest BCUT2D eigenvalue weighted by molar-refractivity contribution is 0.241. The number of rotatable bonds is 6. The fourth-order valence-corrected chi connectivity index (χ4v) is 2.94. The number of halogens is 2. The van der Waals surface area contributed by atoms with Crippen molar-refractivity contribution in [3.63, 3.8) is 0 Å². The summed E-state index contributed by atoms with van der Waals surface area (Å²) in [6.07, 6.45) is 3.24. The Morgan fingerprint density at radius 2 is 2.05 bits per heavy atom. The fourth-order valence-electron chi connectivity index (χ4n) is 2.66. The normalized spacial score (nSPS) is 19.7. The van der Waals surface area contributed by atoms with Crippen LogP contribution in [0.4, 0.5) is 4.39 Å². The molecule has 1 saturated carbocycles. The molecule has 3 nitrogen and oxygen atoms in total. The zero-order valence-corrected chi connectivity index (χ0v) is 13.0. The van der Waals surface area contributed by atoms with E-state index < -0.39 is 0 Å². The van der Waals surface area contributed by atoms with Gasteiger partial charge in [-0.05, 0) is 42.9 Å². The maximum absolute atomic E-state index is 13.6. The minimum atomic E-state index is -0.283. The van der Waals surface area contributed by atoms with Crippen molar-refractivity contribution in [3.8, 4) is 5.75 Å². The molecule has 1 aliphatic carbocycles. The number of hydrogen-bond donors (Lipinski definition) is 1. The summed E-state index contributed by atoms with van der Waals surface area (Å²) in [6.45, 7) is 5.75. The summed E-state index contributed by atoms with van der Waals surface area (Å²) < 4.78 is 19.5. The van der Waals surface area contributed by atoms with E-state index in [0.29, 0.717) is 23.3 Å². The predicted molar refractivity (Wildman–Crippen MR) is 82.6 cm³/mol.